The summed E-state index contributed by atoms with van der Waals surface area (Å²) in [5, 5.41) is 2.82. The molecule has 0 aliphatic carbocycles. The van der Waals surface area contributed by atoms with Crippen molar-refractivity contribution in [3.05, 3.63) is 24.3 Å². The number of nitrogens with zero attached hydrogens (tertiary/aromatic N) is 2. The van der Waals surface area contributed by atoms with E-state index in [9.17, 15) is 4.79 Å². The van der Waals surface area contributed by atoms with Gasteiger partial charge in [-0.15, -0.1) is 0 Å². The van der Waals surface area contributed by atoms with Crippen molar-refractivity contribution in [2.75, 3.05) is 13.1 Å². The summed E-state index contributed by atoms with van der Waals surface area (Å²) in [7, 11) is 0. The van der Waals surface area contributed by atoms with E-state index in [0.717, 1.165) is 18.4 Å². The maximum atomic E-state index is 11.2. The number of aromatic nitrogens is 2. The fourth-order valence-electron chi connectivity index (χ4n) is 1.16. The summed E-state index contributed by atoms with van der Waals surface area (Å²) in [6, 6.07) is 0. The molecule has 1 rings (SSSR count). The van der Waals surface area contributed by atoms with E-state index >= 15 is 0 Å². The van der Waals surface area contributed by atoms with Crippen LogP contribution in [-0.2, 0) is 11.2 Å². The molecule has 0 aliphatic heterocycles. The van der Waals surface area contributed by atoms with Crippen LogP contribution in [0.4, 0.5) is 0 Å². The highest BCUT2D eigenvalue weighted by Crippen LogP contribution is 1.93. The lowest BCUT2D eigenvalue weighted by Crippen LogP contribution is -2.26. The van der Waals surface area contributed by atoms with E-state index < -0.39 is 0 Å². The van der Waals surface area contributed by atoms with Crippen molar-refractivity contribution in [1.29, 1.82) is 0 Å². The van der Waals surface area contributed by atoms with Crippen molar-refractivity contribution in [3.63, 3.8) is 0 Å². The van der Waals surface area contributed by atoms with Gasteiger partial charge in [0.25, 0.3) is 0 Å². The predicted molar refractivity (Wildman–Crippen MR) is 57.0 cm³/mol. The highest BCUT2D eigenvalue weighted by atomic mass is 16.1. The number of carbonyl (C=O) groups is 1. The average Bonchev–Trinajstić information content (AvgIpc) is 2.28. The van der Waals surface area contributed by atoms with E-state index in [1.807, 2.05) is 0 Å². The van der Waals surface area contributed by atoms with Gasteiger partial charge in [0.1, 0.15) is 6.33 Å². The molecule has 1 aromatic heterocycles. The van der Waals surface area contributed by atoms with Gasteiger partial charge in [-0.1, -0.05) is 0 Å². The maximum Gasteiger partial charge on any atom is 0.220 e. The van der Waals surface area contributed by atoms with Crippen molar-refractivity contribution in [3.8, 4) is 0 Å². The van der Waals surface area contributed by atoms with Crippen molar-refractivity contribution in [1.82, 2.24) is 15.3 Å². The smallest absolute Gasteiger partial charge is 0.220 e. The van der Waals surface area contributed by atoms with Crippen LogP contribution in [0.3, 0.4) is 0 Å². The largest absolute Gasteiger partial charge is 0.356 e. The minimum Gasteiger partial charge on any atom is -0.356 e. The lowest BCUT2D eigenvalue weighted by Gasteiger charge is -2.03. The Bertz CT molecular complexity index is 289. The molecule has 0 saturated heterocycles. The first-order valence-corrected chi connectivity index (χ1v) is 5.03. The Morgan fingerprint density at radius 2 is 2.13 bits per heavy atom. The molecule has 0 bridgehead atoms. The standard InChI is InChI=1S/C10H16N4O/c11-4-1-2-10(15)14-5-3-9-6-12-8-13-7-9/h6-8H,1-5,11H2,(H,14,15). The summed E-state index contributed by atoms with van der Waals surface area (Å²) in [6.45, 7) is 1.18. The summed E-state index contributed by atoms with van der Waals surface area (Å²) in [5.41, 5.74) is 6.32. The van der Waals surface area contributed by atoms with Crippen molar-refractivity contribution < 1.29 is 4.79 Å². The quantitative estimate of drug-likeness (QED) is 0.682. The van der Waals surface area contributed by atoms with Gasteiger partial charge in [0.05, 0.1) is 0 Å². The number of amides is 1. The highest BCUT2D eigenvalue weighted by Gasteiger charge is 1.99. The van der Waals surface area contributed by atoms with Crippen LogP contribution < -0.4 is 11.1 Å². The molecule has 1 aromatic rings. The zero-order valence-electron chi connectivity index (χ0n) is 8.65. The molecule has 0 radical (unpaired) electrons. The molecule has 0 atom stereocenters. The molecule has 0 spiro atoms. The van der Waals surface area contributed by atoms with Gasteiger partial charge in [-0.2, -0.15) is 0 Å². The molecule has 1 amide bonds. The van der Waals surface area contributed by atoms with Gasteiger partial charge < -0.3 is 11.1 Å². The molecule has 5 nitrogen and oxygen atoms in total. The molecule has 1 heterocycles. The first kappa shape index (κ1) is 11.6. The van der Waals surface area contributed by atoms with Gasteiger partial charge in [0.2, 0.25) is 5.91 Å². The Hall–Kier alpha value is -1.49. The Morgan fingerprint density at radius 1 is 1.40 bits per heavy atom. The maximum absolute atomic E-state index is 11.2. The topological polar surface area (TPSA) is 80.9 Å². The predicted octanol–water partition coefficient (Wildman–Crippen LogP) is -0.126. The first-order valence-electron chi connectivity index (χ1n) is 5.03. The molecule has 15 heavy (non-hydrogen) atoms. The van der Waals surface area contributed by atoms with Gasteiger partial charge in [0, 0.05) is 25.4 Å². The fraction of sp³-hybridized carbons (Fsp3) is 0.500. The summed E-state index contributed by atoms with van der Waals surface area (Å²) < 4.78 is 0. The summed E-state index contributed by atoms with van der Waals surface area (Å²) >= 11 is 0. The number of hydrogen-bond donors (Lipinski definition) is 2. The van der Waals surface area contributed by atoms with E-state index in [1.54, 1.807) is 12.4 Å². The van der Waals surface area contributed by atoms with Crippen LogP contribution >= 0.6 is 0 Å². The molecule has 0 fully saturated rings. The van der Waals surface area contributed by atoms with Crippen molar-refractivity contribution >= 4 is 5.91 Å². The van der Waals surface area contributed by atoms with Crippen LogP contribution in [0, 0.1) is 0 Å². The Balaban J connectivity index is 2.14. The summed E-state index contributed by atoms with van der Waals surface area (Å²) in [6.07, 6.45) is 6.98. The van der Waals surface area contributed by atoms with Crippen LogP contribution in [-0.4, -0.2) is 29.0 Å². The van der Waals surface area contributed by atoms with Gasteiger partial charge >= 0.3 is 0 Å². The molecule has 5 heteroatoms. The molecule has 82 valence electrons. The van der Waals surface area contributed by atoms with E-state index in [2.05, 4.69) is 15.3 Å². The third-order valence-corrected chi connectivity index (χ3v) is 1.96. The monoisotopic (exact) mass is 208 g/mol. The van der Waals surface area contributed by atoms with Crippen molar-refractivity contribution in [2.24, 2.45) is 5.73 Å². The van der Waals surface area contributed by atoms with Crippen LogP contribution in [0.1, 0.15) is 18.4 Å². The van der Waals surface area contributed by atoms with E-state index in [0.29, 0.717) is 19.5 Å². The minimum absolute atomic E-state index is 0.0531. The lowest BCUT2D eigenvalue weighted by atomic mass is 10.2. The van der Waals surface area contributed by atoms with Gasteiger partial charge in [0.15, 0.2) is 0 Å². The van der Waals surface area contributed by atoms with Crippen LogP contribution in [0.25, 0.3) is 0 Å². The Kier molecular flexibility index (Phi) is 5.32. The average molecular weight is 208 g/mol. The summed E-state index contributed by atoms with van der Waals surface area (Å²) in [4.78, 5) is 19.0. The molecular weight excluding hydrogens is 192 g/mol. The molecule has 0 saturated carbocycles. The third-order valence-electron chi connectivity index (χ3n) is 1.96. The van der Waals surface area contributed by atoms with Crippen LogP contribution in [0.15, 0.2) is 18.7 Å². The van der Waals surface area contributed by atoms with Crippen molar-refractivity contribution in [2.45, 2.75) is 19.3 Å². The van der Waals surface area contributed by atoms with Gasteiger partial charge in [-0.25, -0.2) is 9.97 Å². The lowest BCUT2D eigenvalue weighted by molar-refractivity contribution is -0.121. The number of rotatable bonds is 6. The Morgan fingerprint density at radius 3 is 2.80 bits per heavy atom. The van der Waals surface area contributed by atoms with E-state index in [1.165, 1.54) is 6.33 Å². The number of nitrogens with one attached hydrogen (secondary N) is 1. The Labute approximate surface area is 89.1 Å². The highest BCUT2D eigenvalue weighted by molar-refractivity contribution is 5.75. The number of carbonyl (C=O) groups excluding carboxylic acids is 1. The van der Waals surface area contributed by atoms with Gasteiger partial charge in [-0.3, -0.25) is 4.79 Å². The number of hydrogen-bond acceptors (Lipinski definition) is 4. The zero-order chi connectivity index (χ0) is 10.9. The molecular formula is C10H16N4O. The number of nitrogens with two attached hydrogens (primary N) is 1. The fourth-order valence-corrected chi connectivity index (χ4v) is 1.16. The second kappa shape index (κ2) is 6.89. The van der Waals surface area contributed by atoms with Gasteiger partial charge in [-0.05, 0) is 24.9 Å². The third kappa shape index (κ3) is 5.07. The first-order chi connectivity index (χ1) is 7.33. The van der Waals surface area contributed by atoms with Crippen LogP contribution in [0.2, 0.25) is 0 Å². The normalized spacial score (nSPS) is 9.93. The molecule has 0 aliphatic rings. The summed E-state index contributed by atoms with van der Waals surface area (Å²) in [5.74, 6) is 0.0531. The van der Waals surface area contributed by atoms with Crippen LogP contribution in [0.5, 0.6) is 0 Å². The SMILES string of the molecule is NCCCC(=O)NCCc1cncnc1. The molecule has 0 aromatic carbocycles. The second-order valence-corrected chi connectivity index (χ2v) is 3.24. The second-order valence-electron chi connectivity index (χ2n) is 3.24. The van der Waals surface area contributed by atoms with E-state index in [-0.39, 0.29) is 5.91 Å². The molecule has 3 N–H and O–H groups in total. The molecule has 0 unspecified atom stereocenters. The zero-order valence-corrected chi connectivity index (χ0v) is 8.65. The van der Waals surface area contributed by atoms with E-state index in [4.69, 9.17) is 5.73 Å². The minimum atomic E-state index is 0.0531.